The number of likely N-dealkylation sites (N-methyl/N-ethyl adjacent to an activating group) is 1. The van der Waals surface area contributed by atoms with Crippen LogP contribution in [-0.4, -0.2) is 42.6 Å². The zero-order valence-corrected chi connectivity index (χ0v) is 6.03. The molecule has 0 aromatic carbocycles. The third-order valence-electron chi connectivity index (χ3n) is 1.53. The number of imide groups is 1. The van der Waals surface area contributed by atoms with E-state index in [-0.39, 0.29) is 12.5 Å². The molecule has 0 aromatic rings. The quantitative estimate of drug-likeness (QED) is 0.275. The number of aldehydes is 1. The summed E-state index contributed by atoms with van der Waals surface area (Å²) in [6, 6.07) is -0.812. The highest BCUT2D eigenvalue weighted by atomic mass is 16.2. The van der Waals surface area contributed by atoms with Crippen molar-refractivity contribution in [3.63, 3.8) is 0 Å². The Labute approximate surface area is 63.4 Å². The summed E-state index contributed by atoms with van der Waals surface area (Å²) in [5.41, 5.74) is 0. The van der Waals surface area contributed by atoms with Crippen molar-refractivity contribution in [2.75, 3.05) is 13.6 Å². The van der Waals surface area contributed by atoms with Gasteiger partial charge in [0.1, 0.15) is 12.3 Å². The SMILES string of the molecule is CN1CC(=O)NC(=O)C1C=O. The fraction of sp³-hybridized carbons (Fsp3) is 0.500. The van der Waals surface area contributed by atoms with Gasteiger partial charge in [-0.25, -0.2) is 0 Å². The summed E-state index contributed by atoms with van der Waals surface area (Å²) < 4.78 is 0. The molecule has 5 nitrogen and oxygen atoms in total. The normalized spacial score (nSPS) is 26.5. The maximum Gasteiger partial charge on any atom is 0.251 e. The predicted molar refractivity (Wildman–Crippen MR) is 35.6 cm³/mol. The summed E-state index contributed by atoms with van der Waals surface area (Å²) >= 11 is 0. The van der Waals surface area contributed by atoms with Crippen molar-refractivity contribution in [3.05, 3.63) is 0 Å². The monoisotopic (exact) mass is 156 g/mol. The van der Waals surface area contributed by atoms with E-state index in [0.717, 1.165) is 0 Å². The molecule has 0 aromatic heterocycles. The van der Waals surface area contributed by atoms with Gasteiger partial charge in [-0.1, -0.05) is 0 Å². The molecule has 1 heterocycles. The van der Waals surface area contributed by atoms with Crippen LogP contribution in [0.1, 0.15) is 0 Å². The van der Waals surface area contributed by atoms with E-state index < -0.39 is 11.9 Å². The zero-order chi connectivity index (χ0) is 8.43. The smallest absolute Gasteiger partial charge is 0.251 e. The number of nitrogens with zero attached hydrogens (tertiary/aromatic N) is 1. The fourth-order valence-electron chi connectivity index (χ4n) is 0.942. The first kappa shape index (κ1) is 7.87. The number of piperazine rings is 1. The van der Waals surface area contributed by atoms with Gasteiger partial charge in [-0.05, 0) is 7.05 Å². The maximum absolute atomic E-state index is 10.8. The summed E-state index contributed by atoms with van der Waals surface area (Å²) in [5, 5.41) is 2.06. The van der Waals surface area contributed by atoms with Crippen molar-refractivity contribution in [3.8, 4) is 0 Å². The molecule has 0 radical (unpaired) electrons. The topological polar surface area (TPSA) is 66.5 Å². The molecule has 1 atom stereocenters. The molecular weight excluding hydrogens is 148 g/mol. The Kier molecular flexibility index (Phi) is 2.00. The van der Waals surface area contributed by atoms with E-state index in [0.29, 0.717) is 6.29 Å². The first-order valence-corrected chi connectivity index (χ1v) is 3.14. The number of carbonyl (C=O) groups excluding carboxylic acids is 3. The molecule has 0 saturated carbocycles. The molecule has 5 heteroatoms. The van der Waals surface area contributed by atoms with E-state index in [1.165, 1.54) is 4.90 Å². The molecule has 1 N–H and O–H groups in total. The summed E-state index contributed by atoms with van der Waals surface area (Å²) in [4.78, 5) is 33.2. The standard InChI is InChI=1S/C6H8N2O3/c1-8-2-5(10)7-6(11)4(8)3-9/h3-4H,2H2,1H3,(H,7,10,11). The molecule has 60 valence electrons. The Morgan fingerprint density at radius 2 is 2.27 bits per heavy atom. The van der Waals surface area contributed by atoms with Crippen molar-refractivity contribution >= 4 is 18.1 Å². The highest BCUT2D eigenvalue weighted by Crippen LogP contribution is 1.98. The highest BCUT2D eigenvalue weighted by molar-refractivity contribution is 6.07. The Balaban J connectivity index is 2.74. The van der Waals surface area contributed by atoms with Crippen LogP contribution in [-0.2, 0) is 14.4 Å². The van der Waals surface area contributed by atoms with Crippen LogP contribution in [0.5, 0.6) is 0 Å². The van der Waals surface area contributed by atoms with Crippen LogP contribution >= 0.6 is 0 Å². The largest absolute Gasteiger partial charge is 0.301 e. The van der Waals surface area contributed by atoms with Gasteiger partial charge < -0.3 is 4.79 Å². The van der Waals surface area contributed by atoms with Crippen molar-refractivity contribution in [1.29, 1.82) is 0 Å². The molecule has 1 rings (SSSR count). The molecule has 11 heavy (non-hydrogen) atoms. The lowest BCUT2D eigenvalue weighted by Gasteiger charge is -2.26. The summed E-state index contributed by atoms with van der Waals surface area (Å²) in [7, 11) is 1.55. The predicted octanol–water partition coefficient (Wildman–Crippen LogP) is -1.86. The van der Waals surface area contributed by atoms with Gasteiger partial charge in [-0.15, -0.1) is 0 Å². The van der Waals surface area contributed by atoms with Gasteiger partial charge in [0.2, 0.25) is 5.91 Å². The lowest BCUT2D eigenvalue weighted by Crippen LogP contribution is -2.57. The number of rotatable bonds is 1. The van der Waals surface area contributed by atoms with Crippen molar-refractivity contribution < 1.29 is 14.4 Å². The first-order chi connectivity index (χ1) is 5.15. The van der Waals surface area contributed by atoms with Crippen molar-refractivity contribution in [2.24, 2.45) is 0 Å². The molecule has 0 bridgehead atoms. The Bertz CT molecular complexity index is 214. The van der Waals surface area contributed by atoms with Crippen LogP contribution in [0.3, 0.4) is 0 Å². The molecule has 1 aliphatic heterocycles. The van der Waals surface area contributed by atoms with Crippen LogP contribution < -0.4 is 5.32 Å². The average Bonchev–Trinajstić information content (AvgIpc) is 1.85. The molecule has 0 spiro atoms. The van der Waals surface area contributed by atoms with Crippen LogP contribution in [0.2, 0.25) is 0 Å². The summed E-state index contributed by atoms with van der Waals surface area (Å²) in [5.74, 6) is -0.908. The van der Waals surface area contributed by atoms with Gasteiger partial charge >= 0.3 is 0 Å². The van der Waals surface area contributed by atoms with Gasteiger partial charge in [0.25, 0.3) is 5.91 Å². The lowest BCUT2D eigenvalue weighted by molar-refractivity contribution is -0.140. The van der Waals surface area contributed by atoms with Gasteiger partial charge in [-0.3, -0.25) is 19.8 Å². The Morgan fingerprint density at radius 3 is 2.73 bits per heavy atom. The van der Waals surface area contributed by atoms with E-state index in [2.05, 4.69) is 5.32 Å². The minimum Gasteiger partial charge on any atom is -0.301 e. The molecule has 1 aliphatic rings. The van der Waals surface area contributed by atoms with E-state index >= 15 is 0 Å². The van der Waals surface area contributed by atoms with E-state index in [4.69, 9.17) is 0 Å². The van der Waals surface area contributed by atoms with Crippen molar-refractivity contribution in [1.82, 2.24) is 10.2 Å². The zero-order valence-electron chi connectivity index (χ0n) is 6.03. The number of hydrogen-bond donors (Lipinski definition) is 1. The fourth-order valence-corrected chi connectivity index (χ4v) is 0.942. The Morgan fingerprint density at radius 1 is 1.64 bits per heavy atom. The highest BCUT2D eigenvalue weighted by Gasteiger charge is 2.30. The van der Waals surface area contributed by atoms with Gasteiger partial charge in [0.15, 0.2) is 0 Å². The van der Waals surface area contributed by atoms with Gasteiger partial charge in [0.05, 0.1) is 6.54 Å². The molecule has 1 unspecified atom stereocenters. The van der Waals surface area contributed by atoms with Gasteiger partial charge in [0, 0.05) is 0 Å². The second-order valence-corrected chi connectivity index (χ2v) is 2.41. The third kappa shape index (κ3) is 1.43. The summed E-state index contributed by atoms with van der Waals surface area (Å²) in [6.07, 6.45) is 0.516. The average molecular weight is 156 g/mol. The first-order valence-electron chi connectivity index (χ1n) is 3.14. The number of hydrogen-bond acceptors (Lipinski definition) is 4. The second-order valence-electron chi connectivity index (χ2n) is 2.41. The third-order valence-corrected chi connectivity index (χ3v) is 1.53. The molecule has 0 aliphatic carbocycles. The maximum atomic E-state index is 10.8. The second kappa shape index (κ2) is 2.79. The number of carbonyl (C=O) groups is 3. The van der Waals surface area contributed by atoms with Crippen LogP contribution in [0, 0.1) is 0 Å². The van der Waals surface area contributed by atoms with E-state index in [1.54, 1.807) is 7.05 Å². The van der Waals surface area contributed by atoms with E-state index in [9.17, 15) is 14.4 Å². The summed E-state index contributed by atoms with van der Waals surface area (Å²) in [6.45, 7) is 0.0924. The minimum absolute atomic E-state index is 0.0924. The molecule has 1 fully saturated rings. The van der Waals surface area contributed by atoms with Crippen LogP contribution in [0.25, 0.3) is 0 Å². The Hall–Kier alpha value is -1.23. The molecular formula is C6H8N2O3. The van der Waals surface area contributed by atoms with Gasteiger partial charge in [-0.2, -0.15) is 0 Å². The lowest BCUT2D eigenvalue weighted by atomic mass is 10.2. The van der Waals surface area contributed by atoms with Crippen molar-refractivity contribution in [2.45, 2.75) is 6.04 Å². The number of amides is 2. The molecule has 2 amide bonds. The number of nitrogens with one attached hydrogen (secondary N) is 1. The minimum atomic E-state index is -0.812. The van der Waals surface area contributed by atoms with Crippen LogP contribution in [0.4, 0.5) is 0 Å². The van der Waals surface area contributed by atoms with E-state index in [1.807, 2.05) is 0 Å². The van der Waals surface area contributed by atoms with Crippen LogP contribution in [0.15, 0.2) is 0 Å². The molecule has 1 saturated heterocycles.